The molecule has 0 saturated heterocycles. The molecule has 0 amide bonds. The second kappa shape index (κ2) is 25.6. The first-order valence-electron chi connectivity index (χ1n) is 14.4. The smallest absolute Gasteiger partial charge is 0.308 e. The van der Waals surface area contributed by atoms with Crippen LogP contribution in [0.3, 0.4) is 0 Å². The molecule has 0 bridgehead atoms. The number of hydrogen-bond donors (Lipinski definition) is 0. The number of carbonyl (C=O) groups is 2. The summed E-state index contributed by atoms with van der Waals surface area (Å²) in [7, 11) is 0. The van der Waals surface area contributed by atoms with Crippen molar-refractivity contribution in [3.05, 3.63) is 0 Å². The zero-order chi connectivity index (χ0) is 24.4. The minimum absolute atomic E-state index is 0.0109. The predicted molar refractivity (Wildman–Crippen MR) is 139 cm³/mol. The fourth-order valence-corrected chi connectivity index (χ4v) is 4.00. The quantitative estimate of drug-likeness (QED) is 0.0991. The van der Waals surface area contributed by atoms with Gasteiger partial charge in [-0.2, -0.15) is 0 Å². The highest BCUT2D eigenvalue weighted by Gasteiger charge is 2.13. The molecule has 0 aliphatic carbocycles. The Morgan fingerprint density at radius 2 is 0.939 bits per heavy atom. The van der Waals surface area contributed by atoms with E-state index in [9.17, 15) is 9.59 Å². The zero-order valence-electron chi connectivity index (χ0n) is 22.5. The van der Waals surface area contributed by atoms with Crippen LogP contribution in [0.15, 0.2) is 0 Å². The molecule has 0 rings (SSSR count). The van der Waals surface area contributed by atoms with Gasteiger partial charge in [0.15, 0.2) is 0 Å². The Morgan fingerprint density at radius 3 is 1.39 bits per heavy atom. The third-order valence-corrected chi connectivity index (χ3v) is 6.42. The second-order valence-corrected chi connectivity index (χ2v) is 9.84. The lowest BCUT2D eigenvalue weighted by molar-refractivity contribution is -0.148. The maximum Gasteiger partial charge on any atom is 0.308 e. The molecule has 0 saturated carbocycles. The lowest BCUT2D eigenvalue weighted by Gasteiger charge is -2.11. The summed E-state index contributed by atoms with van der Waals surface area (Å²) in [6, 6.07) is 0. The molecule has 1 atom stereocenters. The molecule has 0 fully saturated rings. The van der Waals surface area contributed by atoms with E-state index in [0.717, 1.165) is 51.4 Å². The number of hydrogen-bond acceptors (Lipinski definition) is 4. The van der Waals surface area contributed by atoms with Crippen molar-refractivity contribution in [3.63, 3.8) is 0 Å². The number of esters is 2. The Bertz CT molecular complexity index is 435. The monoisotopic (exact) mass is 468 g/mol. The summed E-state index contributed by atoms with van der Waals surface area (Å²) < 4.78 is 10.5. The molecule has 33 heavy (non-hydrogen) atoms. The highest BCUT2D eigenvalue weighted by molar-refractivity contribution is 5.71. The van der Waals surface area contributed by atoms with Crippen LogP contribution < -0.4 is 0 Å². The molecule has 196 valence electrons. The van der Waals surface area contributed by atoms with E-state index in [1.807, 2.05) is 6.92 Å². The molecular formula is C29H56O4. The van der Waals surface area contributed by atoms with Crippen LogP contribution >= 0.6 is 0 Å². The highest BCUT2D eigenvalue weighted by Crippen LogP contribution is 2.16. The van der Waals surface area contributed by atoms with Crippen LogP contribution in [0, 0.1) is 5.92 Å². The van der Waals surface area contributed by atoms with E-state index in [-0.39, 0.29) is 17.9 Å². The molecule has 0 aromatic heterocycles. The summed E-state index contributed by atoms with van der Waals surface area (Å²) in [5.74, 6) is 0.0296. The molecule has 4 nitrogen and oxygen atoms in total. The lowest BCUT2D eigenvalue weighted by atomic mass is 10.0. The second-order valence-electron chi connectivity index (χ2n) is 9.84. The van der Waals surface area contributed by atoms with Gasteiger partial charge < -0.3 is 9.47 Å². The van der Waals surface area contributed by atoms with Gasteiger partial charge in [0.2, 0.25) is 0 Å². The Labute approximate surface area is 206 Å². The van der Waals surface area contributed by atoms with Crippen molar-refractivity contribution in [3.8, 4) is 0 Å². The van der Waals surface area contributed by atoms with Gasteiger partial charge in [-0.3, -0.25) is 9.59 Å². The summed E-state index contributed by atoms with van der Waals surface area (Å²) in [6.45, 7) is 7.39. The number of carbonyl (C=O) groups excluding carboxylic acids is 2. The summed E-state index contributed by atoms with van der Waals surface area (Å²) in [6.07, 6.45) is 24.9. The van der Waals surface area contributed by atoms with Crippen LogP contribution in [-0.2, 0) is 19.1 Å². The third-order valence-electron chi connectivity index (χ3n) is 6.42. The average Bonchev–Trinajstić information content (AvgIpc) is 2.81. The third kappa shape index (κ3) is 23.9. The van der Waals surface area contributed by atoms with Gasteiger partial charge in [0, 0.05) is 6.42 Å². The Kier molecular flexibility index (Phi) is 24.7. The van der Waals surface area contributed by atoms with Crippen LogP contribution in [-0.4, -0.2) is 25.2 Å². The van der Waals surface area contributed by atoms with E-state index in [4.69, 9.17) is 9.47 Å². The van der Waals surface area contributed by atoms with Crippen molar-refractivity contribution in [2.45, 2.75) is 156 Å². The average molecular weight is 469 g/mol. The van der Waals surface area contributed by atoms with Crippen LogP contribution in [0.2, 0.25) is 0 Å². The van der Waals surface area contributed by atoms with Gasteiger partial charge in [-0.1, -0.05) is 124 Å². The van der Waals surface area contributed by atoms with Crippen molar-refractivity contribution in [1.29, 1.82) is 0 Å². The van der Waals surface area contributed by atoms with Crippen molar-refractivity contribution in [2.24, 2.45) is 5.92 Å². The van der Waals surface area contributed by atoms with Gasteiger partial charge >= 0.3 is 11.9 Å². The van der Waals surface area contributed by atoms with E-state index in [1.165, 1.54) is 77.0 Å². The van der Waals surface area contributed by atoms with Crippen molar-refractivity contribution >= 4 is 11.9 Å². The van der Waals surface area contributed by atoms with Gasteiger partial charge in [0.05, 0.1) is 19.1 Å². The molecule has 4 heteroatoms. The topological polar surface area (TPSA) is 52.6 Å². The number of rotatable bonds is 25. The van der Waals surface area contributed by atoms with E-state index in [0.29, 0.717) is 19.6 Å². The molecule has 0 aromatic rings. The predicted octanol–water partition coefficient (Wildman–Crippen LogP) is 8.94. The number of ether oxygens (including phenoxy) is 2. The fourth-order valence-electron chi connectivity index (χ4n) is 4.00. The van der Waals surface area contributed by atoms with E-state index in [2.05, 4.69) is 13.8 Å². The Morgan fingerprint density at radius 1 is 0.545 bits per heavy atom. The molecule has 0 aromatic carbocycles. The molecule has 1 unspecified atom stereocenters. The molecule has 0 radical (unpaired) electrons. The van der Waals surface area contributed by atoms with Crippen LogP contribution in [0.25, 0.3) is 0 Å². The first kappa shape index (κ1) is 31.9. The van der Waals surface area contributed by atoms with Gasteiger partial charge in [-0.05, 0) is 25.7 Å². The largest absolute Gasteiger partial charge is 0.466 e. The molecule has 0 spiro atoms. The summed E-state index contributed by atoms with van der Waals surface area (Å²) >= 11 is 0. The number of unbranched alkanes of at least 4 members (excludes halogenated alkanes) is 16. The summed E-state index contributed by atoms with van der Waals surface area (Å²) in [5.41, 5.74) is 0. The maximum absolute atomic E-state index is 11.8. The van der Waals surface area contributed by atoms with Gasteiger partial charge in [0.25, 0.3) is 0 Å². The first-order valence-corrected chi connectivity index (χ1v) is 14.4. The van der Waals surface area contributed by atoms with Crippen molar-refractivity contribution < 1.29 is 19.1 Å². The van der Waals surface area contributed by atoms with E-state index < -0.39 is 0 Å². The van der Waals surface area contributed by atoms with Gasteiger partial charge in [-0.15, -0.1) is 0 Å². The van der Waals surface area contributed by atoms with Crippen LogP contribution in [0.4, 0.5) is 0 Å². The summed E-state index contributed by atoms with van der Waals surface area (Å²) in [5, 5.41) is 0. The minimum Gasteiger partial charge on any atom is -0.466 e. The van der Waals surface area contributed by atoms with Crippen LogP contribution in [0.5, 0.6) is 0 Å². The SMILES string of the molecule is CCCCOC(=O)CCCCCCCCCCCCCCCCCC(C)C(=O)OCCCC. The van der Waals surface area contributed by atoms with E-state index in [1.54, 1.807) is 0 Å². The summed E-state index contributed by atoms with van der Waals surface area (Å²) in [4.78, 5) is 23.3. The minimum atomic E-state index is -0.0159. The van der Waals surface area contributed by atoms with Gasteiger partial charge in [0.1, 0.15) is 0 Å². The molecule has 0 aliphatic heterocycles. The lowest BCUT2D eigenvalue weighted by Crippen LogP contribution is -2.15. The first-order chi connectivity index (χ1) is 16.1. The molecular weight excluding hydrogens is 412 g/mol. The normalized spacial score (nSPS) is 12.0. The standard InChI is InChI=1S/C29H56O4/c1-4-6-25-32-28(30)24-22-20-18-16-14-12-10-8-9-11-13-15-17-19-21-23-27(3)29(31)33-26-7-5-2/h27H,4-26H2,1-3H3. The maximum atomic E-state index is 11.8. The fraction of sp³-hybridized carbons (Fsp3) is 0.931. The van der Waals surface area contributed by atoms with Crippen LogP contribution in [0.1, 0.15) is 156 Å². The van der Waals surface area contributed by atoms with Crippen molar-refractivity contribution in [1.82, 2.24) is 0 Å². The highest BCUT2D eigenvalue weighted by atomic mass is 16.5. The molecule has 0 N–H and O–H groups in total. The molecule has 0 aliphatic rings. The van der Waals surface area contributed by atoms with Gasteiger partial charge in [-0.25, -0.2) is 0 Å². The Balaban J connectivity index is 3.22. The Hall–Kier alpha value is -1.06. The van der Waals surface area contributed by atoms with E-state index >= 15 is 0 Å². The van der Waals surface area contributed by atoms with Crippen molar-refractivity contribution in [2.75, 3.05) is 13.2 Å². The molecule has 0 heterocycles. The zero-order valence-corrected chi connectivity index (χ0v) is 22.5.